The summed E-state index contributed by atoms with van der Waals surface area (Å²) >= 11 is 0. The summed E-state index contributed by atoms with van der Waals surface area (Å²) in [6.45, 7) is 0.809. The highest BCUT2D eigenvalue weighted by atomic mass is 16.3. The predicted molar refractivity (Wildman–Crippen MR) is 74.2 cm³/mol. The van der Waals surface area contributed by atoms with Gasteiger partial charge in [0.25, 0.3) is 0 Å². The Kier molecular flexibility index (Phi) is 4.62. The van der Waals surface area contributed by atoms with Gasteiger partial charge in [-0.15, -0.1) is 0 Å². The molecule has 0 spiro atoms. The molecule has 0 bridgehead atoms. The fraction of sp³-hybridized carbons (Fsp3) is 0.500. The zero-order chi connectivity index (χ0) is 15.4. The molecule has 7 heteroatoms. The number of amides is 4. The smallest absolute Gasteiger partial charge is 0.326 e. The van der Waals surface area contributed by atoms with Gasteiger partial charge in [0.2, 0.25) is 11.8 Å². The number of carbonyl (C=O) groups excluding carboxylic acids is 3. The summed E-state index contributed by atoms with van der Waals surface area (Å²) in [7, 11) is 3.29. The fourth-order valence-electron chi connectivity index (χ4n) is 2.19. The first kappa shape index (κ1) is 15.1. The fourth-order valence-corrected chi connectivity index (χ4v) is 2.19. The molecule has 0 N–H and O–H groups in total. The van der Waals surface area contributed by atoms with Crippen molar-refractivity contribution in [2.75, 3.05) is 27.2 Å². The summed E-state index contributed by atoms with van der Waals surface area (Å²) < 4.78 is 5.18. The van der Waals surface area contributed by atoms with Gasteiger partial charge in [-0.05, 0) is 18.6 Å². The van der Waals surface area contributed by atoms with Gasteiger partial charge in [-0.25, -0.2) is 4.79 Å². The summed E-state index contributed by atoms with van der Waals surface area (Å²) in [4.78, 5) is 39.3. The van der Waals surface area contributed by atoms with E-state index < -0.39 is 0 Å². The lowest BCUT2D eigenvalue weighted by molar-refractivity contribution is -0.131. The van der Waals surface area contributed by atoms with Crippen molar-refractivity contribution in [1.82, 2.24) is 14.7 Å². The third-order valence-corrected chi connectivity index (χ3v) is 3.40. The molecule has 7 nitrogen and oxygen atoms in total. The maximum Gasteiger partial charge on any atom is 0.326 e. The number of nitrogens with zero attached hydrogens (tertiary/aromatic N) is 3. The molecular formula is C14H19N3O4. The Morgan fingerprint density at radius 1 is 1.43 bits per heavy atom. The minimum atomic E-state index is -0.295. The quantitative estimate of drug-likeness (QED) is 0.731. The second-order valence-electron chi connectivity index (χ2n) is 5.12. The zero-order valence-corrected chi connectivity index (χ0v) is 12.2. The van der Waals surface area contributed by atoms with Crippen molar-refractivity contribution in [3.8, 4) is 0 Å². The molecule has 1 fully saturated rings. The van der Waals surface area contributed by atoms with Gasteiger partial charge in [0, 0.05) is 27.1 Å². The zero-order valence-electron chi connectivity index (χ0n) is 12.2. The average molecular weight is 293 g/mol. The Morgan fingerprint density at radius 3 is 2.76 bits per heavy atom. The third kappa shape index (κ3) is 3.62. The van der Waals surface area contributed by atoms with Crippen molar-refractivity contribution in [2.24, 2.45) is 0 Å². The van der Waals surface area contributed by atoms with Crippen LogP contribution >= 0.6 is 0 Å². The van der Waals surface area contributed by atoms with Crippen molar-refractivity contribution >= 4 is 17.8 Å². The van der Waals surface area contributed by atoms with Crippen molar-refractivity contribution in [3.05, 3.63) is 24.2 Å². The van der Waals surface area contributed by atoms with Crippen LogP contribution < -0.4 is 0 Å². The van der Waals surface area contributed by atoms with Gasteiger partial charge in [-0.1, -0.05) is 0 Å². The van der Waals surface area contributed by atoms with E-state index in [0.29, 0.717) is 13.0 Å². The summed E-state index contributed by atoms with van der Waals surface area (Å²) in [5.74, 6) is 0.468. The summed E-state index contributed by atoms with van der Waals surface area (Å²) in [6.07, 6.45) is 2.32. The summed E-state index contributed by atoms with van der Waals surface area (Å²) in [5.41, 5.74) is 0. The van der Waals surface area contributed by atoms with Crippen LogP contribution in [0.2, 0.25) is 0 Å². The molecule has 0 aromatic carbocycles. The van der Waals surface area contributed by atoms with Crippen LogP contribution in [0.15, 0.2) is 22.8 Å². The van der Waals surface area contributed by atoms with E-state index in [1.807, 2.05) is 0 Å². The minimum Gasteiger partial charge on any atom is -0.467 e. The molecule has 0 atom stereocenters. The van der Waals surface area contributed by atoms with Crippen LogP contribution in [-0.2, 0) is 16.1 Å². The monoisotopic (exact) mass is 293 g/mol. The highest BCUT2D eigenvalue weighted by Gasteiger charge is 2.32. The molecule has 1 aromatic heterocycles. The number of hydrogen-bond acceptors (Lipinski definition) is 4. The summed E-state index contributed by atoms with van der Waals surface area (Å²) in [5, 5.41) is 0. The number of rotatable bonds is 6. The lowest BCUT2D eigenvalue weighted by Crippen LogP contribution is -2.33. The van der Waals surface area contributed by atoms with Crippen LogP contribution in [-0.4, -0.2) is 59.7 Å². The first-order valence-corrected chi connectivity index (χ1v) is 6.81. The number of furan rings is 1. The van der Waals surface area contributed by atoms with Crippen molar-refractivity contribution < 1.29 is 18.8 Å². The second-order valence-corrected chi connectivity index (χ2v) is 5.12. The highest BCUT2D eigenvalue weighted by Crippen LogP contribution is 2.10. The average Bonchev–Trinajstić information content (AvgIpc) is 3.02. The van der Waals surface area contributed by atoms with Gasteiger partial charge < -0.3 is 14.2 Å². The van der Waals surface area contributed by atoms with Gasteiger partial charge in [0.05, 0.1) is 12.8 Å². The maximum atomic E-state index is 12.0. The van der Waals surface area contributed by atoms with Crippen LogP contribution in [0.1, 0.15) is 18.6 Å². The second kappa shape index (κ2) is 6.43. The topological polar surface area (TPSA) is 74.1 Å². The van der Waals surface area contributed by atoms with Gasteiger partial charge >= 0.3 is 6.03 Å². The minimum absolute atomic E-state index is 0.0427. The molecule has 2 heterocycles. The standard InChI is InChI=1S/C14H19N3O4/c1-15(9-11-5-4-8-21-11)12(18)6-3-7-17-13(19)10-16(2)14(17)20/h4-5,8H,3,6-7,9-10H2,1-2H3. The predicted octanol–water partition coefficient (Wildman–Crippen LogP) is 0.912. The number of likely N-dealkylation sites (N-methyl/N-ethyl adjacent to an activating group) is 1. The number of carbonyl (C=O) groups is 3. The Hall–Kier alpha value is -2.31. The molecule has 0 unspecified atom stereocenters. The molecule has 0 saturated carbocycles. The van der Waals surface area contributed by atoms with Crippen LogP contribution in [0.25, 0.3) is 0 Å². The molecule has 21 heavy (non-hydrogen) atoms. The first-order valence-electron chi connectivity index (χ1n) is 6.81. The van der Waals surface area contributed by atoms with Crippen molar-refractivity contribution in [2.45, 2.75) is 19.4 Å². The number of hydrogen-bond donors (Lipinski definition) is 0. The lowest BCUT2D eigenvalue weighted by atomic mass is 10.2. The van der Waals surface area contributed by atoms with Gasteiger partial charge in [0.1, 0.15) is 12.3 Å². The van der Waals surface area contributed by atoms with Crippen molar-refractivity contribution in [1.29, 1.82) is 0 Å². The maximum absolute atomic E-state index is 12.0. The summed E-state index contributed by atoms with van der Waals surface area (Å²) in [6, 6.07) is 3.28. The molecule has 114 valence electrons. The molecule has 0 radical (unpaired) electrons. The Balaban J connectivity index is 1.74. The molecule has 4 amide bonds. The van der Waals surface area contributed by atoms with Gasteiger partial charge in [0.15, 0.2) is 0 Å². The number of urea groups is 1. The van der Waals surface area contributed by atoms with E-state index >= 15 is 0 Å². The normalized spacial score (nSPS) is 15.0. The van der Waals surface area contributed by atoms with E-state index in [4.69, 9.17) is 4.42 Å². The molecule has 2 rings (SSSR count). The van der Waals surface area contributed by atoms with E-state index in [9.17, 15) is 14.4 Å². The lowest BCUT2D eigenvalue weighted by Gasteiger charge is -2.17. The number of imide groups is 1. The largest absolute Gasteiger partial charge is 0.467 e. The first-order chi connectivity index (χ1) is 9.99. The molecule has 1 aliphatic heterocycles. The Morgan fingerprint density at radius 2 is 2.19 bits per heavy atom. The SMILES string of the molecule is CN(Cc1ccco1)C(=O)CCCN1C(=O)CN(C)C1=O. The van der Waals surface area contributed by atoms with E-state index in [1.54, 1.807) is 37.4 Å². The van der Waals surface area contributed by atoms with Crippen LogP contribution in [0, 0.1) is 0 Å². The van der Waals surface area contributed by atoms with Gasteiger partial charge in [-0.2, -0.15) is 0 Å². The van der Waals surface area contributed by atoms with E-state index in [1.165, 1.54) is 9.80 Å². The van der Waals surface area contributed by atoms with Crippen LogP contribution in [0.4, 0.5) is 4.79 Å². The highest BCUT2D eigenvalue weighted by molar-refractivity contribution is 6.01. The van der Waals surface area contributed by atoms with E-state index in [2.05, 4.69) is 0 Å². The molecular weight excluding hydrogens is 274 g/mol. The Bertz CT molecular complexity index is 526. The van der Waals surface area contributed by atoms with E-state index in [0.717, 1.165) is 5.76 Å². The third-order valence-electron chi connectivity index (χ3n) is 3.40. The molecule has 1 saturated heterocycles. The molecule has 1 aliphatic rings. The van der Waals surface area contributed by atoms with E-state index in [-0.39, 0.29) is 37.4 Å². The van der Waals surface area contributed by atoms with Crippen molar-refractivity contribution in [3.63, 3.8) is 0 Å². The molecule has 1 aromatic rings. The Labute approximate surface area is 123 Å². The van der Waals surface area contributed by atoms with Crippen LogP contribution in [0.5, 0.6) is 0 Å². The molecule has 0 aliphatic carbocycles. The van der Waals surface area contributed by atoms with Gasteiger partial charge in [-0.3, -0.25) is 14.5 Å². The van der Waals surface area contributed by atoms with Crippen LogP contribution in [0.3, 0.4) is 0 Å².